The molecule has 76 valence electrons. The molecule has 0 saturated heterocycles. The number of hydrogen-bond acceptors (Lipinski definition) is 1. The third-order valence-electron chi connectivity index (χ3n) is 2.86. The molecule has 0 radical (unpaired) electrons. The lowest BCUT2D eigenvalue weighted by Crippen LogP contribution is -1.99. The molecule has 0 saturated carbocycles. The fourth-order valence-electron chi connectivity index (χ4n) is 2.05. The Kier molecular flexibility index (Phi) is 3.07. The SMILES string of the molecule is CCCCOc1cccc2c1CCC2. The van der Waals surface area contributed by atoms with E-state index in [4.69, 9.17) is 4.74 Å². The van der Waals surface area contributed by atoms with Crippen LogP contribution in [-0.2, 0) is 12.8 Å². The highest BCUT2D eigenvalue weighted by atomic mass is 16.5. The van der Waals surface area contributed by atoms with Gasteiger partial charge in [-0.25, -0.2) is 0 Å². The average molecular weight is 190 g/mol. The minimum atomic E-state index is 0.868. The number of benzene rings is 1. The standard InChI is InChI=1S/C13H18O/c1-2-3-10-14-13-9-5-7-11-6-4-8-12(11)13/h5,7,9H,2-4,6,8,10H2,1H3. The second-order valence-corrected chi connectivity index (χ2v) is 3.95. The van der Waals surface area contributed by atoms with Crippen molar-refractivity contribution in [3.8, 4) is 5.75 Å². The van der Waals surface area contributed by atoms with Gasteiger partial charge in [0.15, 0.2) is 0 Å². The van der Waals surface area contributed by atoms with E-state index in [0.717, 1.165) is 18.8 Å². The van der Waals surface area contributed by atoms with Crippen molar-refractivity contribution in [3.63, 3.8) is 0 Å². The van der Waals surface area contributed by atoms with Gasteiger partial charge in [-0.3, -0.25) is 0 Å². The first-order chi connectivity index (χ1) is 6.92. The topological polar surface area (TPSA) is 9.23 Å². The number of unbranched alkanes of at least 4 members (excludes halogenated alkanes) is 1. The van der Waals surface area contributed by atoms with E-state index in [1.54, 1.807) is 0 Å². The third kappa shape index (κ3) is 1.92. The summed E-state index contributed by atoms with van der Waals surface area (Å²) < 4.78 is 5.79. The minimum absolute atomic E-state index is 0.868. The fourth-order valence-corrected chi connectivity index (χ4v) is 2.05. The van der Waals surface area contributed by atoms with Crippen molar-refractivity contribution in [1.29, 1.82) is 0 Å². The van der Waals surface area contributed by atoms with Gasteiger partial charge in [-0.2, -0.15) is 0 Å². The van der Waals surface area contributed by atoms with Crippen LogP contribution >= 0.6 is 0 Å². The number of fused-ring (bicyclic) bond motifs is 1. The summed E-state index contributed by atoms with van der Waals surface area (Å²) in [4.78, 5) is 0. The Labute approximate surface area is 86.1 Å². The van der Waals surface area contributed by atoms with Crippen LogP contribution < -0.4 is 4.74 Å². The van der Waals surface area contributed by atoms with Crippen molar-refractivity contribution in [2.75, 3.05) is 6.61 Å². The van der Waals surface area contributed by atoms with E-state index in [1.807, 2.05) is 0 Å². The van der Waals surface area contributed by atoms with Gasteiger partial charge in [-0.1, -0.05) is 25.5 Å². The lowest BCUT2D eigenvalue weighted by atomic mass is 10.1. The molecule has 2 rings (SSSR count). The molecule has 1 aliphatic carbocycles. The van der Waals surface area contributed by atoms with Gasteiger partial charge >= 0.3 is 0 Å². The highest BCUT2D eigenvalue weighted by Crippen LogP contribution is 2.30. The van der Waals surface area contributed by atoms with Gasteiger partial charge < -0.3 is 4.74 Å². The van der Waals surface area contributed by atoms with Crippen LogP contribution in [0.5, 0.6) is 5.75 Å². The molecule has 1 nitrogen and oxygen atoms in total. The summed E-state index contributed by atoms with van der Waals surface area (Å²) in [5.41, 5.74) is 2.96. The molecular formula is C13H18O. The first kappa shape index (κ1) is 9.57. The summed E-state index contributed by atoms with van der Waals surface area (Å²) >= 11 is 0. The van der Waals surface area contributed by atoms with Gasteiger partial charge in [0.05, 0.1) is 6.61 Å². The van der Waals surface area contributed by atoms with Crippen LogP contribution in [0.1, 0.15) is 37.3 Å². The molecule has 0 aliphatic heterocycles. The summed E-state index contributed by atoms with van der Waals surface area (Å²) in [7, 11) is 0. The largest absolute Gasteiger partial charge is 0.493 e. The second kappa shape index (κ2) is 4.50. The van der Waals surface area contributed by atoms with Crippen LogP contribution in [0.4, 0.5) is 0 Å². The first-order valence-electron chi connectivity index (χ1n) is 5.65. The molecule has 0 fully saturated rings. The van der Waals surface area contributed by atoms with Gasteiger partial charge in [0, 0.05) is 0 Å². The smallest absolute Gasteiger partial charge is 0.122 e. The predicted octanol–water partition coefficient (Wildman–Crippen LogP) is 3.35. The Morgan fingerprint density at radius 2 is 2.21 bits per heavy atom. The van der Waals surface area contributed by atoms with Crippen molar-refractivity contribution in [1.82, 2.24) is 0 Å². The fraction of sp³-hybridized carbons (Fsp3) is 0.538. The maximum absolute atomic E-state index is 5.79. The highest BCUT2D eigenvalue weighted by Gasteiger charge is 2.14. The molecule has 0 unspecified atom stereocenters. The zero-order valence-electron chi connectivity index (χ0n) is 8.88. The van der Waals surface area contributed by atoms with Gasteiger partial charge in [0.2, 0.25) is 0 Å². The van der Waals surface area contributed by atoms with Crippen LogP contribution in [0.3, 0.4) is 0 Å². The Hall–Kier alpha value is -0.980. The van der Waals surface area contributed by atoms with Crippen molar-refractivity contribution < 1.29 is 4.74 Å². The molecule has 0 spiro atoms. The van der Waals surface area contributed by atoms with Crippen molar-refractivity contribution in [3.05, 3.63) is 29.3 Å². The lowest BCUT2D eigenvalue weighted by Gasteiger charge is -2.09. The number of rotatable bonds is 4. The van der Waals surface area contributed by atoms with Crippen LogP contribution in [0.25, 0.3) is 0 Å². The molecule has 0 amide bonds. The zero-order valence-corrected chi connectivity index (χ0v) is 8.88. The minimum Gasteiger partial charge on any atom is -0.493 e. The molecule has 1 aromatic rings. The van der Waals surface area contributed by atoms with E-state index in [0.29, 0.717) is 0 Å². The van der Waals surface area contributed by atoms with Crippen molar-refractivity contribution in [2.24, 2.45) is 0 Å². The van der Waals surface area contributed by atoms with E-state index < -0.39 is 0 Å². The number of ether oxygens (including phenoxy) is 1. The monoisotopic (exact) mass is 190 g/mol. The Balaban J connectivity index is 2.06. The molecule has 1 aliphatic rings. The van der Waals surface area contributed by atoms with Crippen LogP contribution in [0.2, 0.25) is 0 Å². The molecule has 1 heteroatoms. The average Bonchev–Trinajstić information content (AvgIpc) is 2.67. The molecule has 0 heterocycles. The summed E-state index contributed by atoms with van der Waals surface area (Å²) in [5, 5.41) is 0. The molecule has 1 aromatic carbocycles. The molecule has 0 bridgehead atoms. The Morgan fingerprint density at radius 1 is 1.29 bits per heavy atom. The molecule has 14 heavy (non-hydrogen) atoms. The van der Waals surface area contributed by atoms with Crippen molar-refractivity contribution >= 4 is 0 Å². The number of aryl methyl sites for hydroxylation is 1. The van der Waals surface area contributed by atoms with Crippen molar-refractivity contribution in [2.45, 2.75) is 39.0 Å². The predicted molar refractivity (Wildman–Crippen MR) is 58.9 cm³/mol. The molecule has 0 N–H and O–H groups in total. The van der Waals surface area contributed by atoms with E-state index in [1.165, 1.54) is 36.8 Å². The lowest BCUT2D eigenvalue weighted by molar-refractivity contribution is 0.306. The van der Waals surface area contributed by atoms with E-state index in [2.05, 4.69) is 25.1 Å². The molecule has 0 atom stereocenters. The zero-order chi connectivity index (χ0) is 9.80. The maximum atomic E-state index is 5.79. The van der Waals surface area contributed by atoms with E-state index in [9.17, 15) is 0 Å². The van der Waals surface area contributed by atoms with Gasteiger partial charge in [-0.05, 0) is 42.9 Å². The summed E-state index contributed by atoms with van der Waals surface area (Å²) in [6, 6.07) is 6.46. The van der Waals surface area contributed by atoms with E-state index in [-0.39, 0.29) is 0 Å². The van der Waals surface area contributed by atoms with Gasteiger partial charge in [0.1, 0.15) is 5.75 Å². The normalized spacial score (nSPS) is 14.1. The van der Waals surface area contributed by atoms with E-state index >= 15 is 0 Å². The first-order valence-corrected chi connectivity index (χ1v) is 5.65. The Bertz CT molecular complexity index is 304. The molecular weight excluding hydrogens is 172 g/mol. The quantitative estimate of drug-likeness (QED) is 0.661. The van der Waals surface area contributed by atoms with Gasteiger partial charge in [-0.15, -0.1) is 0 Å². The third-order valence-corrected chi connectivity index (χ3v) is 2.86. The molecule has 0 aromatic heterocycles. The second-order valence-electron chi connectivity index (χ2n) is 3.95. The van der Waals surface area contributed by atoms with Crippen LogP contribution in [-0.4, -0.2) is 6.61 Å². The Morgan fingerprint density at radius 3 is 3.07 bits per heavy atom. The highest BCUT2D eigenvalue weighted by molar-refractivity contribution is 5.42. The van der Waals surface area contributed by atoms with Crippen LogP contribution in [0, 0.1) is 0 Å². The maximum Gasteiger partial charge on any atom is 0.122 e. The van der Waals surface area contributed by atoms with Crippen LogP contribution in [0.15, 0.2) is 18.2 Å². The van der Waals surface area contributed by atoms with Gasteiger partial charge in [0.25, 0.3) is 0 Å². The summed E-state index contributed by atoms with van der Waals surface area (Å²) in [6.45, 7) is 3.06. The summed E-state index contributed by atoms with van der Waals surface area (Å²) in [5.74, 6) is 1.13. The number of hydrogen-bond donors (Lipinski definition) is 0. The summed E-state index contributed by atoms with van der Waals surface area (Å²) in [6.07, 6.45) is 6.10.